The van der Waals surface area contributed by atoms with Gasteiger partial charge in [-0.1, -0.05) is 37.3 Å². The van der Waals surface area contributed by atoms with E-state index in [9.17, 15) is 27.9 Å². The molecule has 184 valence electrons. The average molecular weight is 505 g/mol. The van der Waals surface area contributed by atoms with Gasteiger partial charge in [0, 0.05) is 17.4 Å². The topological polar surface area (TPSA) is 96.3 Å². The number of carboxylic acid groups (broad SMARTS) is 1. The first-order chi connectivity index (χ1) is 16.6. The molecule has 35 heavy (non-hydrogen) atoms. The van der Waals surface area contributed by atoms with Crippen molar-refractivity contribution < 1.29 is 27.9 Å². The van der Waals surface area contributed by atoms with Gasteiger partial charge in [0.15, 0.2) is 11.7 Å². The third-order valence-corrected chi connectivity index (χ3v) is 7.75. The molecule has 7 nitrogen and oxygen atoms in total. The molecule has 1 aliphatic carbocycles. The third kappa shape index (κ3) is 4.40. The minimum absolute atomic E-state index is 0.0599. The van der Waals surface area contributed by atoms with E-state index in [1.165, 1.54) is 17.4 Å². The van der Waals surface area contributed by atoms with Crippen LogP contribution in [-0.2, 0) is 12.8 Å². The van der Waals surface area contributed by atoms with Crippen LogP contribution in [0.15, 0.2) is 36.4 Å². The molecule has 11 heteroatoms. The molecule has 0 saturated carbocycles. The van der Waals surface area contributed by atoms with Crippen LogP contribution in [-0.4, -0.2) is 32.9 Å². The highest BCUT2D eigenvalue weighted by molar-refractivity contribution is 7.17. The number of fused-ring (bicyclic) bond motifs is 2. The molecule has 1 amide bonds. The number of alkyl halides is 3. The summed E-state index contributed by atoms with van der Waals surface area (Å²) in [6.45, 7) is 2.09. The largest absolute Gasteiger partial charge is 0.478 e. The molecule has 5 rings (SSSR count). The van der Waals surface area contributed by atoms with E-state index >= 15 is 0 Å². The second-order valence-electron chi connectivity index (χ2n) is 9.08. The lowest BCUT2D eigenvalue weighted by atomic mass is 9.88. The number of nitrogens with zero attached hydrogens (tertiary/aromatic N) is 2. The zero-order valence-electron chi connectivity index (χ0n) is 18.7. The molecule has 2 aliphatic rings. The van der Waals surface area contributed by atoms with Gasteiger partial charge in [-0.3, -0.25) is 4.79 Å². The van der Waals surface area contributed by atoms with Crippen LogP contribution in [0.5, 0.6) is 0 Å². The molecule has 1 aromatic carbocycles. The normalized spacial score (nSPS) is 21.5. The molecule has 2 aromatic heterocycles. The summed E-state index contributed by atoms with van der Waals surface area (Å²) in [4.78, 5) is 25.9. The van der Waals surface area contributed by atoms with Gasteiger partial charge in [-0.15, -0.1) is 11.3 Å². The van der Waals surface area contributed by atoms with Crippen molar-refractivity contribution >= 4 is 34.0 Å². The van der Waals surface area contributed by atoms with E-state index in [2.05, 4.69) is 22.7 Å². The highest BCUT2D eigenvalue weighted by atomic mass is 32.1. The van der Waals surface area contributed by atoms with Crippen LogP contribution in [0.25, 0.3) is 0 Å². The zero-order valence-corrected chi connectivity index (χ0v) is 19.5. The zero-order chi connectivity index (χ0) is 24.9. The maximum absolute atomic E-state index is 13.9. The maximum atomic E-state index is 13.9. The van der Waals surface area contributed by atoms with Crippen LogP contribution in [0.2, 0.25) is 0 Å². The highest BCUT2D eigenvalue weighted by Gasteiger charge is 2.47. The minimum atomic E-state index is -4.57. The first-order valence-corrected chi connectivity index (χ1v) is 12.1. The Morgan fingerprint density at radius 3 is 2.69 bits per heavy atom. The predicted octanol–water partition coefficient (Wildman–Crippen LogP) is 5.68. The van der Waals surface area contributed by atoms with Crippen molar-refractivity contribution in [1.82, 2.24) is 9.78 Å². The number of carboxylic acids is 1. The first kappa shape index (κ1) is 23.4. The number of carbonyl (C=O) groups excluding carboxylic acids is 1. The minimum Gasteiger partial charge on any atom is -0.478 e. The van der Waals surface area contributed by atoms with Crippen molar-refractivity contribution in [2.45, 2.75) is 50.9 Å². The smallest absolute Gasteiger partial charge is 0.410 e. The number of aromatic carboxylic acids is 1. The predicted molar refractivity (Wildman–Crippen MR) is 125 cm³/mol. The quantitative estimate of drug-likeness (QED) is 0.425. The van der Waals surface area contributed by atoms with Crippen molar-refractivity contribution in [3.63, 3.8) is 0 Å². The summed E-state index contributed by atoms with van der Waals surface area (Å²) in [5.74, 6) is -1.40. The summed E-state index contributed by atoms with van der Waals surface area (Å²) in [6.07, 6.45) is -2.64. The number of thiophene rings is 1. The monoisotopic (exact) mass is 504 g/mol. The van der Waals surface area contributed by atoms with Crippen LogP contribution < -0.4 is 10.6 Å². The van der Waals surface area contributed by atoms with Crippen molar-refractivity contribution in [2.24, 2.45) is 5.92 Å². The number of hydrogen-bond donors (Lipinski definition) is 3. The van der Waals surface area contributed by atoms with Gasteiger partial charge in [0.25, 0.3) is 5.91 Å². The number of rotatable bonds is 4. The van der Waals surface area contributed by atoms with Gasteiger partial charge in [-0.25, -0.2) is 9.48 Å². The molecule has 3 N–H and O–H groups in total. The van der Waals surface area contributed by atoms with E-state index in [-0.39, 0.29) is 28.5 Å². The molecule has 3 atom stereocenters. The molecule has 0 radical (unpaired) electrons. The Morgan fingerprint density at radius 2 is 2.00 bits per heavy atom. The Hall–Kier alpha value is -3.34. The maximum Gasteiger partial charge on any atom is 0.410 e. The Balaban J connectivity index is 1.45. The molecule has 0 spiro atoms. The van der Waals surface area contributed by atoms with Crippen molar-refractivity contribution in [3.8, 4) is 0 Å². The molecule has 0 fully saturated rings. The van der Waals surface area contributed by atoms with Gasteiger partial charge >= 0.3 is 12.1 Å². The van der Waals surface area contributed by atoms with Crippen molar-refractivity contribution in [2.75, 3.05) is 10.6 Å². The number of carbonyl (C=O) groups is 2. The number of benzene rings is 1. The summed E-state index contributed by atoms with van der Waals surface area (Å²) >= 11 is 1.21. The summed E-state index contributed by atoms with van der Waals surface area (Å²) in [5.41, 5.74) is 1.27. The Kier molecular flexibility index (Phi) is 5.82. The highest BCUT2D eigenvalue weighted by Crippen LogP contribution is 2.44. The lowest BCUT2D eigenvalue weighted by Gasteiger charge is -2.33. The molecular formula is C24H23F3N4O3S. The molecule has 3 heterocycles. The van der Waals surface area contributed by atoms with E-state index in [1.807, 2.05) is 0 Å². The van der Waals surface area contributed by atoms with Gasteiger partial charge in [0.05, 0.1) is 11.6 Å². The SMILES string of the molecule is CC1CCc2c(sc(NC(=O)c3cc4n(n3)C(C(F)(F)F)CC(c3ccccc3)N4)c2C(=O)O)C1. The number of amides is 1. The fourth-order valence-electron chi connectivity index (χ4n) is 4.82. The Labute approximate surface area is 203 Å². The summed E-state index contributed by atoms with van der Waals surface area (Å²) in [5, 5.41) is 19.6. The van der Waals surface area contributed by atoms with Crippen molar-refractivity contribution in [3.05, 3.63) is 63.7 Å². The number of hydrogen-bond acceptors (Lipinski definition) is 5. The average Bonchev–Trinajstić information content (AvgIpc) is 3.39. The van der Waals surface area contributed by atoms with Crippen LogP contribution in [0.1, 0.15) is 68.7 Å². The third-order valence-electron chi connectivity index (χ3n) is 6.58. The van der Waals surface area contributed by atoms with Gasteiger partial charge in [0.1, 0.15) is 10.8 Å². The number of aromatic nitrogens is 2. The van der Waals surface area contributed by atoms with E-state index in [1.54, 1.807) is 30.3 Å². The van der Waals surface area contributed by atoms with Crippen LogP contribution >= 0.6 is 11.3 Å². The van der Waals surface area contributed by atoms with Crippen LogP contribution in [0, 0.1) is 5.92 Å². The standard InChI is InChI=1S/C24H23F3N4O3S/c1-12-7-8-14-17(9-12)35-22(20(14)23(33)34)29-21(32)16-11-19-28-15(13-5-3-2-4-6-13)10-18(24(25,26)27)31(19)30-16/h2-6,11-12,15,18,28H,7-10H2,1H3,(H,29,32)(H,33,34). The summed E-state index contributed by atoms with van der Waals surface area (Å²) in [6, 6.07) is 7.56. The second kappa shape index (κ2) is 8.71. The van der Waals surface area contributed by atoms with Gasteiger partial charge < -0.3 is 15.7 Å². The van der Waals surface area contributed by atoms with Crippen molar-refractivity contribution in [1.29, 1.82) is 0 Å². The lowest BCUT2D eigenvalue weighted by molar-refractivity contribution is -0.173. The van der Waals surface area contributed by atoms with Gasteiger partial charge in [-0.2, -0.15) is 18.3 Å². The van der Waals surface area contributed by atoms with Gasteiger partial charge in [-0.05, 0) is 36.3 Å². The Bertz CT molecular complexity index is 1290. The second-order valence-corrected chi connectivity index (χ2v) is 10.2. The molecule has 3 unspecified atom stereocenters. The molecule has 3 aromatic rings. The fraction of sp³-hybridized carbons (Fsp3) is 0.375. The van der Waals surface area contributed by atoms with E-state index in [0.29, 0.717) is 17.9 Å². The molecule has 1 aliphatic heterocycles. The summed E-state index contributed by atoms with van der Waals surface area (Å²) in [7, 11) is 0. The van der Waals surface area contributed by atoms with Crippen LogP contribution in [0.3, 0.4) is 0 Å². The van der Waals surface area contributed by atoms with E-state index in [4.69, 9.17) is 0 Å². The number of anilines is 2. The number of nitrogens with one attached hydrogen (secondary N) is 2. The van der Waals surface area contributed by atoms with E-state index in [0.717, 1.165) is 28.0 Å². The molecule has 0 saturated heterocycles. The fourth-order valence-corrected chi connectivity index (χ4v) is 6.22. The number of halogens is 3. The van der Waals surface area contributed by atoms with E-state index < -0.39 is 30.1 Å². The first-order valence-electron chi connectivity index (χ1n) is 11.3. The molecular weight excluding hydrogens is 481 g/mol. The lowest BCUT2D eigenvalue weighted by Crippen LogP contribution is -2.35. The van der Waals surface area contributed by atoms with Gasteiger partial charge in [0.2, 0.25) is 0 Å². The Morgan fingerprint density at radius 1 is 1.26 bits per heavy atom. The molecule has 0 bridgehead atoms. The van der Waals surface area contributed by atoms with Crippen LogP contribution in [0.4, 0.5) is 24.0 Å². The summed E-state index contributed by atoms with van der Waals surface area (Å²) < 4.78 is 42.6.